The minimum absolute atomic E-state index is 0.126. The Morgan fingerprint density at radius 2 is 1.72 bits per heavy atom. The van der Waals surface area contributed by atoms with Crippen LogP contribution in [0.4, 0.5) is 0 Å². The Morgan fingerprint density at radius 1 is 1.06 bits per heavy atom. The maximum Gasteiger partial charge on any atom is 0.308 e. The van der Waals surface area contributed by atoms with Crippen LogP contribution in [0.25, 0.3) is 10.8 Å². The molecule has 0 aliphatic rings. The summed E-state index contributed by atoms with van der Waals surface area (Å²) in [7, 11) is 0. The second-order valence-electron chi connectivity index (χ2n) is 4.09. The van der Waals surface area contributed by atoms with Crippen LogP contribution in [0.15, 0.2) is 36.4 Å². The molecule has 0 aliphatic carbocycles. The van der Waals surface area contributed by atoms with Gasteiger partial charge in [0.15, 0.2) is 5.78 Å². The molecule has 0 N–H and O–H groups in total. The van der Waals surface area contributed by atoms with Crippen molar-refractivity contribution in [2.45, 2.75) is 20.3 Å². The van der Waals surface area contributed by atoms with E-state index in [1.807, 2.05) is 25.1 Å². The summed E-state index contributed by atoms with van der Waals surface area (Å²) in [6.07, 6.45) is 0.497. The van der Waals surface area contributed by atoms with E-state index in [9.17, 15) is 9.59 Å². The highest BCUT2D eigenvalue weighted by Crippen LogP contribution is 2.22. The molecule has 2 aromatic carbocycles. The monoisotopic (exact) mass is 242 g/mol. The standard InChI is InChI=1S/C15H14O3/c1-3-15(17)13-5-4-12-9-14(18-10(2)16)7-6-11(12)8-13/h4-9H,3H2,1-2H3. The average molecular weight is 242 g/mol. The molecule has 0 atom stereocenters. The summed E-state index contributed by atoms with van der Waals surface area (Å²) in [5.74, 6) is 0.303. The van der Waals surface area contributed by atoms with Crippen molar-refractivity contribution in [1.29, 1.82) is 0 Å². The second kappa shape index (κ2) is 5.00. The van der Waals surface area contributed by atoms with Crippen molar-refractivity contribution in [1.82, 2.24) is 0 Å². The lowest BCUT2D eigenvalue weighted by Crippen LogP contribution is -2.01. The Labute approximate surface area is 105 Å². The number of fused-ring (bicyclic) bond motifs is 1. The molecule has 2 aromatic rings. The summed E-state index contributed by atoms with van der Waals surface area (Å²) in [5.41, 5.74) is 0.713. The number of hydrogen-bond acceptors (Lipinski definition) is 3. The van der Waals surface area contributed by atoms with Gasteiger partial charge in [0.1, 0.15) is 5.75 Å². The average Bonchev–Trinajstić information content (AvgIpc) is 2.36. The van der Waals surface area contributed by atoms with E-state index < -0.39 is 0 Å². The van der Waals surface area contributed by atoms with Gasteiger partial charge in [0.05, 0.1) is 0 Å². The van der Waals surface area contributed by atoms with E-state index >= 15 is 0 Å². The molecular formula is C15H14O3. The van der Waals surface area contributed by atoms with Crippen LogP contribution in [0, 0.1) is 0 Å². The Hall–Kier alpha value is -2.16. The minimum Gasteiger partial charge on any atom is -0.427 e. The predicted molar refractivity (Wildman–Crippen MR) is 69.9 cm³/mol. The molecule has 0 unspecified atom stereocenters. The molecule has 0 fully saturated rings. The first-order valence-electron chi connectivity index (χ1n) is 5.85. The molecule has 0 saturated heterocycles. The van der Waals surface area contributed by atoms with Gasteiger partial charge in [0, 0.05) is 18.9 Å². The van der Waals surface area contributed by atoms with Gasteiger partial charge >= 0.3 is 5.97 Å². The third-order valence-corrected chi connectivity index (χ3v) is 2.72. The topological polar surface area (TPSA) is 43.4 Å². The maximum absolute atomic E-state index is 11.6. The van der Waals surface area contributed by atoms with E-state index in [1.54, 1.807) is 18.2 Å². The number of ether oxygens (including phenoxy) is 1. The van der Waals surface area contributed by atoms with Crippen molar-refractivity contribution in [3.63, 3.8) is 0 Å². The molecule has 92 valence electrons. The van der Waals surface area contributed by atoms with Crippen molar-refractivity contribution < 1.29 is 14.3 Å². The summed E-state index contributed by atoms with van der Waals surface area (Å²) >= 11 is 0. The van der Waals surface area contributed by atoms with Crippen molar-refractivity contribution >= 4 is 22.5 Å². The smallest absolute Gasteiger partial charge is 0.308 e. The number of carbonyl (C=O) groups excluding carboxylic acids is 2. The van der Waals surface area contributed by atoms with E-state index in [4.69, 9.17) is 4.74 Å². The third-order valence-electron chi connectivity index (χ3n) is 2.72. The predicted octanol–water partition coefficient (Wildman–Crippen LogP) is 3.36. The minimum atomic E-state index is -0.341. The largest absolute Gasteiger partial charge is 0.427 e. The molecule has 0 amide bonds. The molecule has 0 aromatic heterocycles. The Kier molecular flexibility index (Phi) is 3.42. The first-order valence-corrected chi connectivity index (χ1v) is 5.85. The van der Waals surface area contributed by atoms with Crippen molar-refractivity contribution in [2.75, 3.05) is 0 Å². The molecule has 0 bridgehead atoms. The van der Waals surface area contributed by atoms with Gasteiger partial charge in [-0.1, -0.05) is 25.1 Å². The van der Waals surface area contributed by atoms with E-state index in [0.717, 1.165) is 10.8 Å². The van der Waals surface area contributed by atoms with Gasteiger partial charge in [-0.05, 0) is 29.0 Å². The summed E-state index contributed by atoms with van der Waals surface area (Å²) in [6.45, 7) is 3.21. The fourth-order valence-corrected chi connectivity index (χ4v) is 1.83. The van der Waals surface area contributed by atoms with E-state index in [0.29, 0.717) is 17.7 Å². The second-order valence-corrected chi connectivity index (χ2v) is 4.09. The van der Waals surface area contributed by atoms with Crippen LogP contribution in [0.3, 0.4) is 0 Å². The van der Waals surface area contributed by atoms with Gasteiger partial charge in [0.25, 0.3) is 0 Å². The Bertz CT molecular complexity index is 614. The number of Topliss-reactive ketones (excluding diaryl/α,β-unsaturated/α-hetero) is 1. The molecule has 0 radical (unpaired) electrons. The lowest BCUT2D eigenvalue weighted by molar-refractivity contribution is -0.131. The number of rotatable bonds is 3. The highest BCUT2D eigenvalue weighted by molar-refractivity contribution is 6.00. The molecule has 0 spiro atoms. The van der Waals surface area contributed by atoms with E-state index in [1.165, 1.54) is 6.92 Å². The number of carbonyl (C=O) groups is 2. The molecule has 0 aliphatic heterocycles. The molecule has 3 heteroatoms. The first-order chi connectivity index (χ1) is 8.60. The van der Waals surface area contributed by atoms with Crippen molar-refractivity contribution in [2.24, 2.45) is 0 Å². The van der Waals surface area contributed by atoms with E-state index in [2.05, 4.69) is 0 Å². The number of ketones is 1. The summed E-state index contributed by atoms with van der Waals surface area (Å²) in [6, 6.07) is 10.9. The molecule has 0 saturated carbocycles. The molecule has 3 nitrogen and oxygen atoms in total. The normalized spacial score (nSPS) is 10.3. The SMILES string of the molecule is CCC(=O)c1ccc2cc(OC(C)=O)ccc2c1. The lowest BCUT2D eigenvalue weighted by atomic mass is 10.0. The quantitative estimate of drug-likeness (QED) is 0.471. The summed E-state index contributed by atoms with van der Waals surface area (Å²) in [4.78, 5) is 22.5. The highest BCUT2D eigenvalue weighted by Gasteiger charge is 2.05. The molecular weight excluding hydrogens is 228 g/mol. The number of esters is 1. The number of benzene rings is 2. The summed E-state index contributed by atoms with van der Waals surface area (Å²) in [5, 5.41) is 1.91. The number of hydrogen-bond donors (Lipinski definition) is 0. The van der Waals surface area contributed by atoms with Gasteiger partial charge in [-0.3, -0.25) is 9.59 Å². The van der Waals surface area contributed by atoms with Crippen LogP contribution in [-0.4, -0.2) is 11.8 Å². The fraction of sp³-hybridized carbons (Fsp3) is 0.200. The summed E-state index contributed by atoms with van der Waals surface area (Å²) < 4.78 is 5.02. The van der Waals surface area contributed by atoms with Crippen LogP contribution in [0.1, 0.15) is 30.6 Å². The van der Waals surface area contributed by atoms with Crippen LogP contribution in [-0.2, 0) is 4.79 Å². The van der Waals surface area contributed by atoms with Crippen molar-refractivity contribution in [3.05, 3.63) is 42.0 Å². The first kappa shape index (κ1) is 12.3. The van der Waals surface area contributed by atoms with Gasteiger partial charge < -0.3 is 4.74 Å². The zero-order valence-corrected chi connectivity index (χ0v) is 10.4. The Morgan fingerprint density at radius 3 is 2.39 bits per heavy atom. The molecule has 0 heterocycles. The van der Waals surface area contributed by atoms with Crippen LogP contribution < -0.4 is 4.74 Å². The van der Waals surface area contributed by atoms with Crippen molar-refractivity contribution in [3.8, 4) is 5.75 Å². The Balaban J connectivity index is 2.41. The van der Waals surface area contributed by atoms with Crippen LogP contribution >= 0.6 is 0 Å². The van der Waals surface area contributed by atoms with Crippen LogP contribution in [0.5, 0.6) is 5.75 Å². The highest BCUT2D eigenvalue weighted by atomic mass is 16.5. The zero-order chi connectivity index (χ0) is 13.1. The van der Waals surface area contributed by atoms with Gasteiger partial charge in [0.2, 0.25) is 0 Å². The molecule has 2 rings (SSSR count). The van der Waals surface area contributed by atoms with E-state index in [-0.39, 0.29) is 11.8 Å². The van der Waals surface area contributed by atoms with Gasteiger partial charge in [-0.25, -0.2) is 0 Å². The fourth-order valence-electron chi connectivity index (χ4n) is 1.83. The lowest BCUT2D eigenvalue weighted by Gasteiger charge is -2.05. The van der Waals surface area contributed by atoms with Gasteiger partial charge in [-0.15, -0.1) is 0 Å². The third kappa shape index (κ3) is 2.56. The maximum atomic E-state index is 11.6. The van der Waals surface area contributed by atoms with Gasteiger partial charge in [-0.2, -0.15) is 0 Å². The molecule has 18 heavy (non-hydrogen) atoms. The van der Waals surface area contributed by atoms with Crippen LogP contribution in [0.2, 0.25) is 0 Å². The zero-order valence-electron chi connectivity index (χ0n) is 10.4.